The first-order chi connectivity index (χ1) is 14.8. The highest BCUT2D eigenvalue weighted by Gasteiger charge is 2.23. The number of methoxy groups -OCH3 is 2. The zero-order chi connectivity index (χ0) is 22.8. The van der Waals surface area contributed by atoms with Gasteiger partial charge in [0.1, 0.15) is 0 Å². The molecule has 1 aliphatic heterocycles. The number of hydrogen-bond donors (Lipinski definition) is 2. The molecular formula is C21H25N3O7. The maximum absolute atomic E-state index is 12.7. The molecule has 0 aliphatic carbocycles. The van der Waals surface area contributed by atoms with E-state index in [1.807, 2.05) is 17.2 Å². The first-order valence-corrected chi connectivity index (χ1v) is 9.44. The van der Waals surface area contributed by atoms with Crippen molar-refractivity contribution in [2.24, 2.45) is 0 Å². The van der Waals surface area contributed by atoms with E-state index >= 15 is 0 Å². The Hall–Kier alpha value is -3.66. The van der Waals surface area contributed by atoms with E-state index in [-0.39, 0.29) is 5.91 Å². The van der Waals surface area contributed by atoms with E-state index in [9.17, 15) is 4.79 Å². The minimum atomic E-state index is -1.82. The molecule has 1 saturated heterocycles. The van der Waals surface area contributed by atoms with Crippen molar-refractivity contribution < 1.29 is 34.1 Å². The van der Waals surface area contributed by atoms with Crippen LogP contribution < -0.4 is 9.47 Å². The van der Waals surface area contributed by atoms with Gasteiger partial charge < -0.3 is 24.6 Å². The first kappa shape index (κ1) is 23.6. The van der Waals surface area contributed by atoms with E-state index in [2.05, 4.69) is 16.0 Å². The largest absolute Gasteiger partial charge is 0.493 e. The Kier molecular flexibility index (Phi) is 8.77. The average Bonchev–Trinajstić information content (AvgIpc) is 2.79. The van der Waals surface area contributed by atoms with Gasteiger partial charge in [-0.3, -0.25) is 14.7 Å². The zero-order valence-electron chi connectivity index (χ0n) is 17.4. The second kappa shape index (κ2) is 11.5. The lowest BCUT2D eigenvalue weighted by molar-refractivity contribution is -0.159. The van der Waals surface area contributed by atoms with Crippen LogP contribution in [0.25, 0.3) is 0 Å². The Bertz CT molecular complexity index is 885. The van der Waals surface area contributed by atoms with E-state index < -0.39 is 11.9 Å². The zero-order valence-corrected chi connectivity index (χ0v) is 17.4. The van der Waals surface area contributed by atoms with Gasteiger partial charge in [-0.15, -0.1) is 0 Å². The third kappa shape index (κ3) is 6.96. The smallest absolute Gasteiger partial charge is 0.414 e. The first-order valence-electron chi connectivity index (χ1n) is 9.44. The van der Waals surface area contributed by atoms with Gasteiger partial charge in [0.15, 0.2) is 11.5 Å². The second-order valence-electron chi connectivity index (χ2n) is 6.61. The van der Waals surface area contributed by atoms with Crippen molar-refractivity contribution in [3.63, 3.8) is 0 Å². The van der Waals surface area contributed by atoms with Crippen molar-refractivity contribution in [3.05, 3.63) is 53.9 Å². The van der Waals surface area contributed by atoms with Crippen LogP contribution in [-0.2, 0) is 16.1 Å². The van der Waals surface area contributed by atoms with Gasteiger partial charge in [-0.05, 0) is 29.8 Å². The summed E-state index contributed by atoms with van der Waals surface area (Å²) in [5, 5.41) is 14.8. The lowest BCUT2D eigenvalue weighted by Gasteiger charge is -2.34. The number of piperazine rings is 1. The highest BCUT2D eigenvalue weighted by Crippen LogP contribution is 2.28. The van der Waals surface area contributed by atoms with Gasteiger partial charge in [0.25, 0.3) is 5.91 Å². The number of carboxylic acid groups (broad SMARTS) is 2. The summed E-state index contributed by atoms with van der Waals surface area (Å²) in [5.74, 6) is -2.42. The van der Waals surface area contributed by atoms with Crippen LogP contribution in [0.5, 0.6) is 11.5 Å². The van der Waals surface area contributed by atoms with Gasteiger partial charge in [0, 0.05) is 50.7 Å². The number of aliphatic carboxylic acids is 2. The molecule has 0 spiro atoms. The van der Waals surface area contributed by atoms with Crippen molar-refractivity contribution in [2.75, 3.05) is 40.4 Å². The highest BCUT2D eigenvalue weighted by atomic mass is 16.5. The number of amides is 1. The second-order valence-corrected chi connectivity index (χ2v) is 6.61. The predicted molar refractivity (Wildman–Crippen MR) is 110 cm³/mol. The lowest BCUT2D eigenvalue weighted by atomic mass is 10.1. The molecule has 10 heteroatoms. The van der Waals surface area contributed by atoms with Crippen LogP contribution in [0.2, 0.25) is 0 Å². The molecule has 1 aliphatic rings. The molecule has 1 fully saturated rings. The third-order valence-electron chi connectivity index (χ3n) is 4.60. The van der Waals surface area contributed by atoms with Gasteiger partial charge >= 0.3 is 11.9 Å². The molecular weight excluding hydrogens is 406 g/mol. The van der Waals surface area contributed by atoms with E-state index in [0.29, 0.717) is 30.2 Å². The number of benzene rings is 1. The number of rotatable bonds is 5. The van der Waals surface area contributed by atoms with E-state index in [1.54, 1.807) is 38.6 Å². The molecule has 2 heterocycles. The Morgan fingerprint density at radius 2 is 1.61 bits per heavy atom. The van der Waals surface area contributed by atoms with E-state index in [0.717, 1.165) is 19.6 Å². The Balaban J connectivity index is 0.000000501. The summed E-state index contributed by atoms with van der Waals surface area (Å²) >= 11 is 0. The molecule has 3 rings (SSSR count). The molecule has 0 bridgehead atoms. The summed E-state index contributed by atoms with van der Waals surface area (Å²) in [7, 11) is 3.16. The molecule has 31 heavy (non-hydrogen) atoms. The van der Waals surface area contributed by atoms with Crippen molar-refractivity contribution in [3.8, 4) is 11.5 Å². The van der Waals surface area contributed by atoms with E-state index in [1.165, 1.54) is 5.56 Å². The Labute approximate surface area is 179 Å². The topological polar surface area (TPSA) is 130 Å². The fourth-order valence-corrected chi connectivity index (χ4v) is 3.01. The van der Waals surface area contributed by atoms with Crippen LogP contribution in [-0.4, -0.2) is 83.2 Å². The normalized spacial score (nSPS) is 13.5. The molecule has 166 valence electrons. The maximum atomic E-state index is 12.7. The van der Waals surface area contributed by atoms with Gasteiger partial charge in [0.2, 0.25) is 0 Å². The lowest BCUT2D eigenvalue weighted by Crippen LogP contribution is -2.48. The van der Waals surface area contributed by atoms with Gasteiger partial charge in [-0.1, -0.05) is 6.07 Å². The molecule has 0 radical (unpaired) electrons. The molecule has 2 aromatic rings. The molecule has 10 nitrogen and oxygen atoms in total. The molecule has 1 aromatic heterocycles. The number of aromatic nitrogens is 1. The molecule has 0 atom stereocenters. The molecule has 2 N–H and O–H groups in total. The Morgan fingerprint density at radius 1 is 0.968 bits per heavy atom. The van der Waals surface area contributed by atoms with Gasteiger partial charge in [-0.2, -0.15) is 0 Å². The minimum Gasteiger partial charge on any atom is -0.493 e. The van der Waals surface area contributed by atoms with Crippen LogP contribution in [0.3, 0.4) is 0 Å². The summed E-state index contributed by atoms with van der Waals surface area (Å²) in [6.07, 6.45) is 3.67. The van der Waals surface area contributed by atoms with Gasteiger partial charge in [-0.25, -0.2) is 9.59 Å². The monoisotopic (exact) mass is 431 g/mol. The maximum Gasteiger partial charge on any atom is 0.414 e. The summed E-state index contributed by atoms with van der Waals surface area (Å²) < 4.78 is 10.5. The van der Waals surface area contributed by atoms with Crippen LogP contribution in [0, 0.1) is 0 Å². The van der Waals surface area contributed by atoms with Crippen molar-refractivity contribution in [1.82, 2.24) is 14.8 Å². The van der Waals surface area contributed by atoms with Crippen LogP contribution >= 0.6 is 0 Å². The standard InChI is InChI=1S/C19H23N3O3.C2H2O4/c1-24-17-6-5-16(12-18(17)25-2)19(23)22-10-8-21(9-11-22)14-15-4-3-7-20-13-15;3-1(4)2(5)6/h3-7,12-13H,8-11,14H2,1-2H3;(H,3,4)(H,5,6). The van der Waals surface area contributed by atoms with Crippen molar-refractivity contribution in [1.29, 1.82) is 0 Å². The van der Waals surface area contributed by atoms with Gasteiger partial charge in [0.05, 0.1) is 14.2 Å². The van der Waals surface area contributed by atoms with Crippen molar-refractivity contribution in [2.45, 2.75) is 6.54 Å². The fraction of sp³-hybridized carbons (Fsp3) is 0.333. The highest BCUT2D eigenvalue weighted by molar-refractivity contribution is 6.27. The fourth-order valence-electron chi connectivity index (χ4n) is 3.01. The number of carboxylic acids is 2. The molecule has 1 amide bonds. The van der Waals surface area contributed by atoms with Crippen molar-refractivity contribution >= 4 is 17.8 Å². The number of hydrogen-bond acceptors (Lipinski definition) is 7. The summed E-state index contributed by atoms with van der Waals surface area (Å²) in [5.41, 5.74) is 1.82. The number of pyridine rings is 1. The number of ether oxygens (including phenoxy) is 2. The SMILES string of the molecule is COc1ccc(C(=O)N2CCN(Cc3cccnc3)CC2)cc1OC.O=C(O)C(=O)O. The van der Waals surface area contributed by atoms with Crippen LogP contribution in [0.15, 0.2) is 42.7 Å². The van der Waals surface area contributed by atoms with Crippen LogP contribution in [0.1, 0.15) is 15.9 Å². The summed E-state index contributed by atoms with van der Waals surface area (Å²) in [6, 6.07) is 9.32. The number of nitrogens with zero attached hydrogens (tertiary/aromatic N) is 3. The third-order valence-corrected chi connectivity index (χ3v) is 4.60. The van der Waals surface area contributed by atoms with Crippen LogP contribution in [0.4, 0.5) is 0 Å². The number of carbonyl (C=O) groups excluding carboxylic acids is 1. The number of carbonyl (C=O) groups is 3. The average molecular weight is 431 g/mol. The molecule has 1 aromatic carbocycles. The minimum absolute atomic E-state index is 0.0296. The quantitative estimate of drug-likeness (QED) is 0.671. The molecule has 0 saturated carbocycles. The van der Waals surface area contributed by atoms with E-state index in [4.69, 9.17) is 29.3 Å². The Morgan fingerprint density at radius 3 is 2.13 bits per heavy atom. The molecule has 0 unspecified atom stereocenters. The summed E-state index contributed by atoms with van der Waals surface area (Å²) in [4.78, 5) is 39.3. The predicted octanol–water partition coefficient (Wildman–Crippen LogP) is 1.21. The summed E-state index contributed by atoms with van der Waals surface area (Å²) in [6.45, 7) is 4.01.